The second-order valence-electron chi connectivity index (χ2n) is 34.1. The molecule has 7 heterocycles. The number of ether oxygens (including phenoxy) is 9. The molecule has 36 heteroatoms. The second kappa shape index (κ2) is 50.0. The molecular weight excluding hydrogens is 1630 g/mol. The number of Topliss-reactive ketones (excluding diaryl/α,β-unsaturated/α-hetero) is 3. The zero-order chi connectivity index (χ0) is 91.2. The van der Waals surface area contributed by atoms with Crippen molar-refractivity contribution >= 4 is 80.9 Å². The summed E-state index contributed by atoms with van der Waals surface area (Å²) in [6.07, 6.45) is 15.4. The molecule has 9 N–H and O–H groups in total. The number of benzene rings is 1. The van der Waals surface area contributed by atoms with Crippen molar-refractivity contribution in [1.29, 1.82) is 0 Å². The molecule has 1 saturated carbocycles. The lowest BCUT2D eigenvalue weighted by atomic mass is 9.79. The molecule has 2 bridgehead atoms. The number of oxazole rings is 1. The van der Waals surface area contributed by atoms with Crippen molar-refractivity contribution in [2.24, 2.45) is 35.3 Å². The van der Waals surface area contributed by atoms with Crippen molar-refractivity contribution in [3.63, 3.8) is 0 Å². The number of fused-ring (bicyclic) bond motifs is 5. The van der Waals surface area contributed by atoms with E-state index in [2.05, 4.69) is 25.3 Å². The van der Waals surface area contributed by atoms with Crippen molar-refractivity contribution < 1.29 is 101 Å². The maximum atomic E-state index is 14.7. The Morgan fingerprint density at radius 3 is 2.07 bits per heavy atom. The number of ketones is 3. The van der Waals surface area contributed by atoms with Gasteiger partial charge in [0.25, 0.3) is 17.7 Å². The van der Waals surface area contributed by atoms with Crippen LogP contribution >= 0.6 is 0 Å². The van der Waals surface area contributed by atoms with E-state index in [1.54, 1.807) is 86.3 Å². The summed E-state index contributed by atoms with van der Waals surface area (Å²) in [7, 11) is 8.38. The van der Waals surface area contributed by atoms with Gasteiger partial charge in [-0.05, 0) is 145 Å². The summed E-state index contributed by atoms with van der Waals surface area (Å²) in [4.78, 5) is 129. The standard InChI is InChI=1S/C90H135N15O21/c1-57-20-13-12-14-21-58(2)73(117-10)53-66-28-25-62(6)90(116,126-66)84(113)87(114)103-34-16-15-23-70(103)88(115)124-74(54-71(106)59(3)49-61(5)82(111)83(112)81(110)60(4)48-57)67(91)50-63-26-29-69(75(51-63)118-11)105-55-65(97-99-105)22-19-24-76(107)101(8)36-40-122-45-47-123-46-43-120-39-32-78(109)102(9)37-41-121-44-42-119-38-31-77(108)100(7)33-17-18-35-104-86-79(85(92)94-56-95-86)80(98-104)64-27-30-72-68(52-64)96-89(93)125-72/h12-14,20-21,27,30,49,52,55-57,59-60,62-63,66-67,69-70,73-75,82-83,111-112,116H,15-19,22-26,28-29,31-48,50-51,53-54,91H2,1-11H3,(H2,93,96)(H2,92,94,95)/b14-12?,20-13+,58-21?,61-49+/t57-,59-,60-,62-,63+,66+,67-,69+,70+,73+,74+,75-,82-,83+,90-/m1/s1. The normalized spacial score (nSPS) is 25.9. The van der Waals surface area contributed by atoms with E-state index in [4.69, 9.17) is 69.3 Å². The molecule has 4 aliphatic rings. The third-order valence-electron chi connectivity index (χ3n) is 24.5. The van der Waals surface area contributed by atoms with Gasteiger partial charge in [0.1, 0.15) is 53.5 Å². The number of aromatic nitrogens is 8. The largest absolute Gasteiger partial charge is 0.459 e. The summed E-state index contributed by atoms with van der Waals surface area (Å²) < 4.78 is 61.8. The van der Waals surface area contributed by atoms with Crippen LogP contribution in [-0.4, -0.2) is 304 Å². The molecule has 0 radical (unpaired) electrons. The van der Waals surface area contributed by atoms with Gasteiger partial charge in [-0.15, -0.1) is 5.10 Å². The number of cyclic esters (lactones) is 1. The third kappa shape index (κ3) is 28.9. The molecule has 0 unspecified atom stereocenters. The molecule has 2 saturated heterocycles. The summed E-state index contributed by atoms with van der Waals surface area (Å²) >= 11 is 0. The number of aliphatic hydroxyl groups is 3. The number of piperidine rings is 1. The molecule has 3 fully saturated rings. The number of nitrogens with two attached hydrogens (primary N) is 3. The van der Waals surface area contributed by atoms with Crippen LogP contribution in [0.2, 0.25) is 0 Å². The summed E-state index contributed by atoms with van der Waals surface area (Å²) in [6, 6.07) is 3.15. The Kier molecular flexibility index (Phi) is 39.9. The van der Waals surface area contributed by atoms with Crippen LogP contribution < -0.4 is 17.2 Å². The van der Waals surface area contributed by atoms with Gasteiger partial charge in [-0.1, -0.05) is 69.4 Å². The molecule has 5 aromatic rings. The van der Waals surface area contributed by atoms with Crippen molar-refractivity contribution in [3.8, 4) is 11.3 Å². The van der Waals surface area contributed by atoms with Crippen molar-refractivity contribution in [2.45, 2.75) is 231 Å². The van der Waals surface area contributed by atoms with E-state index >= 15 is 0 Å². The van der Waals surface area contributed by atoms with Gasteiger partial charge in [0, 0.05) is 123 Å². The molecule has 0 spiro atoms. The Balaban J connectivity index is 0.634. The fourth-order valence-corrected chi connectivity index (χ4v) is 16.6. The second-order valence-corrected chi connectivity index (χ2v) is 34.1. The highest BCUT2D eigenvalue weighted by Crippen LogP contribution is 2.40. The first kappa shape index (κ1) is 101. The van der Waals surface area contributed by atoms with Gasteiger partial charge in [-0.25, -0.2) is 24.1 Å². The van der Waals surface area contributed by atoms with Crippen LogP contribution in [0, 0.1) is 29.6 Å². The van der Waals surface area contributed by atoms with E-state index < -0.39 is 95.4 Å². The van der Waals surface area contributed by atoms with Gasteiger partial charge < -0.3 is 99.2 Å². The monoisotopic (exact) mass is 1760 g/mol. The smallest absolute Gasteiger partial charge is 0.329 e. The SMILES string of the molecule is CO[C@H]1C[C@@H]2CC[C@@H](C)[C@@](O)(O2)C(=O)C(=O)N2CCCC[C@H]2C(=O)O[C@H]([C@H](N)C[C@@H]2CC[C@H](n3cc(CCCC(=O)N(C)CCOCCOCCOCCC(=O)N(C)CCOCCOCCC(=O)N(C)CCCCn4nc(-c5ccc6oc(N)nc6c5)c5c(N)ncnc54)nn3)[C@H](OC)C2)CC(=O)[C@H](C)/C=C(\C)[C@@H](O)[C@@H](O)C(=O)[C@H](C)C[C@H](C)/C=C/C=CC=C1C. The highest BCUT2D eigenvalue weighted by atomic mass is 16.6. The lowest BCUT2D eigenvalue weighted by Crippen LogP contribution is -2.61. The minimum Gasteiger partial charge on any atom is -0.459 e. The number of methoxy groups -OCH3 is 2. The quantitative estimate of drug-likeness (QED) is 0.0102. The van der Waals surface area contributed by atoms with E-state index in [9.17, 15) is 53.7 Å². The molecule has 3 aliphatic heterocycles. The number of likely N-dealkylation sites (N-methyl/N-ethyl adjacent to an activating group) is 2. The Morgan fingerprint density at radius 1 is 0.722 bits per heavy atom. The molecule has 1 aliphatic carbocycles. The summed E-state index contributed by atoms with van der Waals surface area (Å²) in [5.41, 5.74) is 24.0. The first-order chi connectivity index (χ1) is 60.4. The molecular formula is C90H135N15O21. The lowest BCUT2D eigenvalue weighted by molar-refractivity contribution is -0.265. The Hall–Kier alpha value is -9.18. The fraction of sp³-hybridized carbons (Fsp3) is 0.667. The average Bonchev–Trinajstić information content (AvgIpc) is 1.37. The molecule has 1 aromatic carbocycles. The minimum atomic E-state index is -2.51. The number of nitrogen functional groups attached to an aromatic ring is 2. The number of hydrogen-bond acceptors (Lipinski definition) is 30. The maximum Gasteiger partial charge on any atom is 0.329 e. The van der Waals surface area contributed by atoms with Gasteiger partial charge >= 0.3 is 5.97 Å². The van der Waals surface area contributed by atoms with Crippen LogP contribution in [0.1, 0.15) is 169 Å². The summed E-state index contributed by atoms with van der Waals surface area (Å²) in [5, 5.41) is 49.1. The maximum absolute atomic E-state index is 14.7. The molecule has 126 heavy (non-hydrogen) atoms. The number of aliphatic hydroxyl groups excluding tert-OH is 2. The number of carbonyl (C=O) groups is 8. The minimum absolute atomic E-state index is 0.00789. The molecule has 4 aromatic heterocycles. The van der Waals surface area contributed by atoms with Crippen LogP contribution in [0.25, 0.3) is 33.4 Å². The predicted octanol–water partition coefficient (Wildman–Crippen LogP) is 6.84. The van der Waals surface area contributed by atoms with E-state index in [1.807, 2.05) is 62.6 Å². The Morgan fingerprint density at radius 2 is 1.39 bits per heavy atom. The lowest BCUT2D eigenvalue weighted by Gasteiger charge is -2.42. The summed E-state index contributed by atoms with van der Waals surface area (Å²) in [6.45, 7) is 15.2. The van der Waals surface area contributed by atoms with E-state index in [0.717, 1.165) is 28.9 Å². The molecule has 4 amide bonds. The number of nitrogens with zero attached hydrogens (tertiary/aromatic N) is 12. The first-order valence-corrected chi connectivity index (χ1v) is 44.4. The van der Waals surface area contributed by atoms with Crippen LogP contribution in [0.15, 0.2) is 82.7 Å². The number of hydrogen-bond donors (Lipinski definition) is 6. The van der Waals surface area contributed by atoms with Crippen molar-refractivity contribution in [3.05, 3.63) is 84.0 Å². The van der Waals surface area contributed by atoms with E-state index in [1.165, 1.54) is 19.3 Å². The first-order valence-electron chi connectivity index (χ1n) is 44.4. The molecule has 15 atom stereocenters. The van der Waals surface area contributed by atoms with Crippen LogP contribution in [0.4, 0.5) is 11.8 Å². The van der Waals surface area contributed by atoms with Crippen molar-refractivity contribution in [2.75, 3.05) is 139 Å². The highest BCUT2D eigenvalue weighted by Gasteiger charge is 2.53. The third-order valence-corrected chi connectivity index (χ3v) is 24.5. The van der Waals surface area contributed by atoms with Gasteiger partial charge in [0.2, 0.25) is 23.5 Å². The van der Waals surface area contributed by atoms with Gasteiger partial charge in [-0.2, -0.15) is 10.1 Å². The van der Waals surface area contributed by atoms with Crippen LogP contribution in [-0.2, 0) is 94.0 Å². The zero-order valence-electron chi connectivity index (χ0n) is 75.3. The Labute approximate surface area is 737 Å². The number of anilines is 2. The van der Waals surface area contributed by atoms with Crippen LogP contribution in [0.5, 0.6) is 0 Å². The number of esters is 1. The van der Waals surface area contributed by atoms with E-state index in [-0.39, 0.29) is 118 Å². The fourth-order valence-electron chi connectivity index (χ4n) is 16.6. The zero-order valence-corrected chi connectivity index (χ0v) is 75.3. The van der Waals surface area contributed by atoms with Crippen molar-refractivity contribution in [1.82, 2.24) is 59.3 Å². The van der Waals surface area contributed by atoms with Gasteiger partial charge in [0.05, 0.1) is 114 Å². The van der Waals surface area contributed by atoms with Gasteiger partial charge in [0.15, 0.2) is 17.0 Å². The molecule has 36 nitrogen and oxygen atoms in total. The number of rotatable bonds is 37. The topological polar surface area (TPSA) is 472 Å². The summed E-state index contributed by atoms with van der Waals surface area (Å²) in [5.74, 6) is -8.98. The molecule has 696 valence electrons. The van der Waals surface area contributed by atoms with Crippen LogP contribution in [0.3, 0.4) is 0 Å². The number of amides is 4. The predicted molar refractivity (Wildman–Crippen MR) is 468 cm³/mol. The number of allylic oxidation sites excluding steroid dienone is 6. The van der Waals surface area contributed by atoms with E-state index in [0.29, 0.717) is 183 Å². The number of aryl methyl sites for hydroxylation is 2. The number of carbonyl (C=O) groups excluding carboxylic acids is 8. The highest BCUT2D eigenvalue weighted by molar-refractivity contribution is 6.39. The number of unbranched alkanes of at least 4 members (excludes halogenated alkanes) is 1. The van der Waals surface area contributed by atoms with Gasteiger partial charge in [-0.3, -0.25) is 33.6 Å². The molecule has 9 rings (SSSR count). The average molecular weight is 1760 g/mol. The Bertz CT molecular complexity index is 4510.